The van der Waals surface area contributed by atoms with Crippen LogP contribution in [-0.4, -0.2) is 64.4 Å². The molecule has 0 bridgehead atoms. The molecule has 13 heteroatoms. The van der Waals surface area contributed by atoms with Crippen LogP contribution >= 0.6 is 22.9 Å². The largest absolute Gasteiger partial charge is 0.481 e. The first-order valence-corrected chi connectivity index (χ1v) is 12.8. The Morgan fingerprint density at radius 3 is 2.81 bits per heavy atom. The summed E-state index contributed by atoms with van der Waals surface area (Å²) in [6.07, 6.45) is 0.821. The topological polar surface area (TPSA) is 104 Å². The van der Waals surface area contributed by atoms with Crippen LogP contribution in [0.15, 0.2) is 46.0 Å². The Labute approximate surface area is 219 Å². The quantitative estimate of drug-likeness (QED) is 0.441. The van der Waals surface area contributed by atoms with Crippen LogP contribution in [0.4, 0.5) is 13.2 Å². The maximum atomic E-state index is 14.4. The van der Waals surface area contributed by atoms with Gasteiger partial charge in [0.15, 0.2) is 10.8 Å². The number of thiazole rings is 1. The molecule has 198 valence electrons. The number of halogens is 4. The Hall–Kier alpha value is -2.96. The van der Waals surface area contributed by atoms with Crippen molar-refractivity contribution in [2.45, 2.75) is 44.2 Å². The van der Waals surface area contributed by atoms with Crippen molar-refractivity contribution in [3.8, 4) is 0 Å². The van der Waals surface area contributed by atoms with Crippen molar-refractivity contribution in [3.63, 3.8) is 0 Å². The van der Waals surface area contributed by atoms with Crippen LogP contribution in [0, 0.1) is 5.82 Å². The number of esters is 1. The molecule has 3 heterocycles. The molecule has 2 unspecified atom stereocenters. The maximum absolute atomic E-state index is 14.4. The molecule has 0 amide bonds. The van der Waals surface area contributed by atoms with E-state index in [-0.39, 0.29) is 48.1 Å². The number of nitrogens with one attached hydrogen (secondary N) is 1. The number of alkyl halides is 2. The average Bonchev–Trinajstić information content (AvgIpc) is 3.45. The predicted octanol–water partition coefficient (Wildman–Crippen LogP) is 4.42. The third-order valence-electron chi connectivity index (χ3n) is 6.05. The zero-order chi connectivity index (χ0) is 26.7. The molecular formula is C24H24ClF3N4O4S. The lowest BCUT2D eigenvalue weighted by Gasteiger charge is -2.31. The van der Waals surface area contributed by atoms with Crippen LogP contribution in [0.1, 0.15) is 42.8 Å². The van der Waals surface area contributed by atoms with Crippen molar-refractivity contribution in [1.29, 1.82) is 0 Å². The second-order valence-corrected chi connectivity index (χ2v) is 9.97. The predicted molar refractivity (Wildman–Crippen MR) is 131 cm³/mol. The van der Waals surface area contributed by atoms with Gasteiger partial charge in [-0.25, -0.2) is 22.9 Å². The molecule has 37 heavy (non-hydrogen) atoms. The molecule has 0 aliphatic carbocycles. The minimum absolute atomic E-state index is 0.0214. The Morgan fingerprint density at radius 1 is 1.38 bits per heavy atom. The zero-order valence-corrected chi connectivity index (χ0v) is 21.3. The summed E-state index contributed by atoms with van der Waals surface area (Å²) >= 11 is 7.62. The molecule has 2 N–H and O–H groups in total. The fraction of sp³-hybridized carbons (Fsp3) is 0.417. The first kappa shape index (κ1) is 27.1. The van der Waals surface area contributed by atoms with Gasteiger partial charge in [0.05, 0.1) is 18.7 Å². The second kappa shape index (κ2) is 11.2. The van der Waals surface area contributed by atoms with E-state index in [0.29, 0.717) is 10.6 Å². The highest BCUT2D eigenvalue weighted by atomic mass is 35.5. The molecule has 2 aromatic rings. The molecular weight excluding hydrogens is 533 g/mol. The van der Waals surface area contributed by atoms with Crippen LogP contribution in [0.2, 0.25) is 5.02 Å². The van der Waals surface area contributed by atoms with Crippen molar-refractivity contribution in [1.82, 2.24) is 15.2 Å². The van der Waals surface area contributed by atoms with Gasteiger partial charge in [-0.3, -0.25) is 14.7 Å². The Bertz CT molecular complexity index is 1240. The van der Waals surface area contributed by atoms with Crippen LogP contribution in [-0.2, 0) is 14.3 Å². The maximum Gasteiger partial charge on any atom is 0.338 e. The Morgan fingerprint density at radius 2 is 2.16 bits per heavy atom. The normalized spacial score (nSPS) is 21.5. The highest BCUT2D eigenvalue weighted by molar-refractivity contribution is 7.11. The molecule has 1 aromatic carbocycles. The highest BCUT2D eigenvalue weighted by Crippen LogP contribution is 2.39. The lowest BCUT2D eigenvalue weighted by Crippen LogP contribution is -2.41. The van der Waals surface area contributed by atoms with Crippen LogP contribution in [0.3, 0.4) is 0 Å². The first-order valence-electron chi connectivity index (χ1n) is 11.5. The van der Waals surface area contributed by atoms with E-state index in [4.69, 9.17) is 21.4 Å². The number of aliphatic imine (C=N–C) groups is 1. The lowest BCUT2D eigenvalue weighted by atomic mass is 9.95. The van der Waals surface area contributed by atoms with Crippen molar-refractivity contribution >= 4 is 40.7 Å². The average molecular weight is 557 g/mol. The number of amidine groups is 1. The molecule has 0 radical (unpaired) electrons. The van der Waals surface area contributed by atoms with Gasteiger partial charge in [0, 0.05) is 53.3 Å². The van der Waals surface area contributed by atoms with E-state index in [9.17, 15) is 22.8 Å². The number of aromatic nitrogens is 1. The molecule has 4 rings (SSSR count). The standard InChI is InChI=1S/C24H24ClF3N4O4S/c1-2-36-23(35)19-17(11-32-12-24(27,28)10-14(32)4-6-18(33)34)30-21(22-29-7-8-37-22)31-20(19)15-5-3-13(26)9-16(15)25/h3,5,7-9,14,20H,2,4,6,10-12H2,1H3,(H,30,31)(H,33,34). The minimum atomic E-state index is -3.02. The SMILES string of the molecule is CCOC(=O)C1=C(CN2CC(F)(F)CC2CCC(=O)O)NC(c2nccs2)=NC1c1ccc(F)cc1Cl. The van der Waals surface area contributed by atoms with E-state index < -0.39 is 48.7 Å². The van der Waals surface area contributed by atoms with E-state index in [0.717, 1.165) is 6.07 Å². The molecule has 0 saturated carbocycles. The van der Waals surface area contributed by atoms with E-state index in [1.54, 1.807) is 18.5 Å². The van der Waals surface area contributed by atoms with Crippen LogP contribution < -0.4 is 5.32 Å². The number of likely N-dealkylation sites (tertiary alicyclic amines) is 1. The third kappa shape index (κ3) is 6.31. The van der Waals surface area contributed by atoms with Crippen molar-refractivity contribution < 1.29 is 32.6 Å². The van der Waals surface area contributed by atoms with Gasteiger partial charge < -0.3 is 15.2 Å². The molecule has 2 aliphatic rings. The number of rotatable bonds is 9. The number of carbonyl (C=O) groups is 2. The summed E-state index contributed by atoms with van der Waals surface area (Å²) in [7, 11) is 0. The summed E-state index contributed by atoms with van der Waals surface area (Å²) < 4.78 is 48.0. The van der Waals surface area contributed by atoms with Gasteiger partial charge in [-0.15, -0.1) is 11.3 Å². The molecule has 2 atom stereocenters. The number of carboxylic acids is 1. The van der Waals surface area contributed by atoms with Crippen LogP contribution in [0.5, 0.6) is 0 Å². The van der Waals surface area contributed by atoms with Crippen molar-refractivity contribution in [3.05, 3.63) is 62.5 Å². The number of ether oxygens (including phenoxy) is 1. The second-order valence-electron chi connectivity index (χ2n) is 8.67. The number of benzene rings is 1. The number of carboxylic acid groups (broad SMARTS) is 1. The molecule has 0 spiro atoms. The number of hydrogen-bond donors (Lipinski definition) is 2. The summed E-state index contributed by atoms with van der Waals surface area (Å²) in [5.74, 6) is -5.12. The molecule has 1 saturated heterocycles. The summed E-state index contributed by atoms with van der Waals surface area (Å²) in [6, 6.07) is 1.95. The molecule has 8 nitrogen and oxygen atoms in total. The number of aliphatic carboxylic acids is 1. The smallest absolute Gasteiger partial charge is 0.338 e. The van der Waals surface area contributed by atoms with E-state index in [1.807, 2.05) is 0 Å². The van der Waals surface area contributed by atoms with Gasteiger partial charge in [0.2, 0.25) is 0 Å². The Balaban J connectivity index is 1.80. The molecule has 1 fully saturated rings. The number of hydrogen-bond acceptors (Lipinski definition) is 8. The molecule has 1 aromatic heterocycles. The lowest BCUT2D eigenvalue weighted by molar-refractivity contribution is -0.139. The van der Waals surface area contributed by atoms with Crippen molar-refractivity contribution in [2.75, 3.05) is 19.7 Å². The minimum Gasteiger partial charge on any atom is -0.481 e. The summed E-state index contributed by atoms with van der Waals surface area (Å²) in [5.41, 5.74) is 0.623. The van der Waals surface area contributed by atoms with Crippen LogP contribution in [0.25, 0.3) is 0 Å². The monoisotopic (exact) mass is 556 g/mol. The van der Waals surface area contributed by atoms with Crippen molar-refractivity contribution in [2.24, 2.45) is 4.99 Å². The first-order chi connectivity index (χ1) is 17.6. The van der Waals surface area contributed by atoms with Gasteiger partial charge in [-0.05, 0) is 25.5 Å². The summed E-state index contributed by atoms with van der Waals surface area (Å²) in [6.45, 7) is 0.936. The van der Waals surface area contributed by atoms with E-state index in [1.165, 1.54) is 28.4 Å². The zero-order valence-electron chi connectivity index (χ0n) is 19.7. The third-order valence-corrected chi connectivity index (χ3v) is 7.16. The van der Waals surface area contributed by atoms with Gasteiger partial charge in [-0.1, -0.05) is 17.7 Å². The summed E-state index contributed by atoms with van der Waals surface area (Å²) in [5, 5.41) is 14.4. The van der Waals surface area contributed by atoms with Gasteiger partial charge >= 0.3 is 11.9 Å². The highest BCUT2D eigenvalue weighted by Gasteiger charge is 2.46. The van der Waals surface area contributed by atoms with Gasteiger partial charge in [0.25, 0.3) is 5.92 Å². The fourth-order valence-electron chi connectivity index (χ4n) is 4.49. The Kier molecular flexibility index (Phi) is 8.20. The number of carbonyl (C=O) groups excluding carboxylic acids is 1. The van der Waals surface area contributed by atoms with E-state index >= 15 is 0 Å². The molecule has 2 aliphatic heterocycles. The van der Waals surface area contributed by atoms with E-state index in [2.05, 4.69) is 15.3 Å². The summed E-state index contributed by atoms with van der Waals surface area (Å²) in [4.78, 5) is 34.7. The van der Waals surface area contributed by atoms with Gasteiger partial charge in [-0.2, -0.15) is 0 Å². The van der Waals surface area contributed by atoms with Gasteiger partial charge in [0.1, 0.15) is 11.9 Å². The number of nitrogens with zero attached hydrogens (tertiary/aromatic N) is 3. The fourth-order valence-corrected chi connectivity index (χ4v) is 5.35.